The van der Waals surface area contributed by atoms with Crippen molar-refractivity contribution in [2.75, 3.05) is 5.88 Å². The molecule has 0 aliphatic rings. The first-order valence-corrected chi connectivity index (χ1v) is 9.57. The van der Waals surface area contributed by atoms with Crippen LogP contribution in [0.5, 0.6) is 0 Å². The molecule has 0 N–H and O–H groups in total. The van der Waals surface area contributed by atoms with Crippen LogP contribution in [-0.2, 0) is 0 Å². The van der Waals surface area contributed by atoms with E-state index in [1.54, 1.807) is 0 Å². The first-order valence-electron chi connectivity index (χ1n) is 9.03. The molecular formula is C21H35Cl. The van der Waals surface area contributed by atoms with E-state index in [0.717, 1.165) is 31.6 Å². The predicted molar refractivity (Wildman–Crippen MR) is 102 cm³/mol. The molecule has 0 rings (SSSR count). The summed E-state index contributed by atoms with van der Waals surface area (Å²) in [4.78, 5) is 0. The summed E-state index contributed by atoms with van der Waals surface area (Å²) >= 11 is 5.65. The first kappa shape index (κ1) is 21.3. The van der Waals surface area contributed by atoms with Gasteiger partial charge >= 0.3 is 0 Å². The van der Waals surface area contributed by atoms with Gasteiger partial charge in [0.15, 0.2) is 0 Å². The van der Waals surface area contributed by atoms with Crippen molar-refractivity contribution in [3.63, 3.8) is 0 Å². The Morgan fingerprint density at radius 1 is 0.864 bits per heavy atom. The molecule has 0 spiro atoms. The molecule has 0 saturated carbocycles. The van der Waals surface area contributed by atoms with Crippen LogP contribution in [0.3, 0.4) is 0 Å². The van der Waals surface area contributed by atoms with Crippen LogP contribution in [0.1, 0.15) is 91.4 Å². The van der Waals surface area contributed by atoms with Gasteiger partial charge in [-0.3, -0.25) is 0 Å². The highest BCUT2D eigenvalue weighted by Crippen LogP contribution is 2.10. The zero-order valence-electron chi connectivity index (χ0n) is 15.0. The molecule has 22 heavy (non-hydrogen) atoms. The lowest BCUT2D eigenvalue weighted by Crippen LogP contribution is -1.80. The van der Waals surface area contributed by atoms with Gasteiger partial charge in [0.05, 0.1) is 0 Å². The molecule has 1 heteroatoms. The molecule has 0 aliphatic carbocycles. The lowest BCUT2D eigenvalue weighted by molar-refractivity contribution is 0.682. The van der Waals surface area contributed by atoms with Crippen molar-refractivity contribution < 1.29 is 0 Å². The molecule has 0 nitrogen and oxygen atoms in total. The Balaban J connectivity index is 3.74. The molecule has 0 heterocycles. The summed E-state index contributed by atoms with van der Waals surface area (Å²) in [7, 11) is 0. The van der Waals surface area contributed by atoms with E-state index in [-0.39, 0.29) is 0 Å². The molecule has 126 valence electrons. The largest absolute Gasteiger partial charge is 0.127 e. The number of allylic oxidation sites excluding steroid dienone is 4. The second-order valence-corrected chi connectivity index (χ2v) is 6.56. The Kier molecular flexibility index (Phi) is 16.2. The lowest BCUT2D eigenvalue weighted by Gasteiger charge is -1.99. The topological polar surface area (TPSA) is 0 Å². The molecule has 0 saturated heterocycles. The Labute approximate surface area is 144 Å². The Hall–Kier alpha value is -0.670. The van der Waals surface area contributed by atoms with Gasteiger partial charge in [0.1, 0.15) is 0 Å². The molecule has 0 aliphatic heterocycles. The van der Waals surface area contributed by atoms with E-state index in [2.05, 4.69) is 44.8 Å². The number of halogens is 1. The zero-order valence-corrected chi connectivity index (χ0v) is 15.8. The summed E-state index contributed by atoms with van der Waals surface area (Å²) in [5.74, 6) is 7.37. The van der Waals surface area contributed by atoms with Gasteiger partial charge in [0, 0.05) is 18.7 Å². The van der Waals surface area contributed by atoms with Crippen LogP contribution in [0, 0.1) is 11.8 Å². The third-order valence-electron chi connectivity index (χ3n) is 3.78. The number of alkyl halides is 1. The smallest absolute Gasteiger partial charge is 0.0296 e. The summed E-state index contributed by atoms with van der Waals surface area (Å²) in [5.41, 5.74) is 2.92. The molecule has 0 amide bonds. The van der Waals surface area contributed by atoms with Crippen LogP contribution in [0.2, 0.25) is 0 Å². The fourth-order valence-corrected chi connectivity index (χ4v) is 2.43. The lowest BCUT2D eigenvalue weighted by atomic mass is 10.1. The molecule has 0 radical (unpaired) electrons. The molecule has 0 aromatic heterocycles. The summed E-state index contributed by atoms with van der Waals surface area (Å²) in [5, 5.41) is 0. The maximum absolute atomic E-state index is 5.65. The number of hydrogen-bond acceptors (Lipinski definition) is 0. The van der Waals surface area contributed by atoms with Gasteiger partial charge in [-0.25, -0.2) is 0 Å². The van der Waals surface area contributed by atoms with Crippen LogP contribution < -0.4 is 0 Å². The van der Waals surface area contributed by atoms with Crippen LogP contribution in [0.15, 0.2) is 23.3 Å². The maximum Gasteiger partial charge on any atom is 0.0296 e. The SMILES string of the molecule is CCCCC/C(C)=C/C/C=C(\C)CC#CCCCCCCCl. The fraction of sp³-hybridized carbons (Fsp3) is 0.714. The molecule has 0 bridgehead atoms. The van der Waals surface area contributed by atoms with E-state index in [9.17, 15) is 0 Å². The van der Waals surface area contributed by atoms with Gasteiger partial charge in [-0.15, -0.1) is 17.5 Å². The predicted octanol–water partition coefficient (Wildman–Crippen LogP) is 7.43. The van der Waals surface area contributed by atoms with E-state index in [1.165, 1.54) is 56.1 Å². The molecule has 0 fully saturated rings. The van der Waals surface area contributed by atoms with Gasteiger partial charge < -0.3 is 0 Å². The number of unbranched alkanes of at least 4 members (excludes halogenated alkanes) is 6. The average molecular weight is 323 g/mol. The van der Waals surface area contributed by atoms with E-state index in [4.69, 9.17) is 11.6 Å². The quantitative estimate of drug-likeness (QED) is 0.152. The van der Waals surface area contributed by atoms with Gasteiger partial charge in [-0.2, -0.15) is 0 Å². The summed E-state index contributed by atoms with van der Waals surface area (Å²) in [6.07, 6.45) is 17.8. The summed E-state index contributed by atoms with van der Waals surface area (Å²) < 4.78 is 0. The first-order chi connectivity index (χ1) is 10.7. The van der Waals surface area contributed by atoms with Gasteiger partial charge in [-0.05, 0) is 46.0 Å². The van der Waals surface area contributed by atoms with Crippen molar-refractivity contribution in [3.8, 4) is 11.8 Å². The normalized spacial score (nSPS) is 12.2. The van der Waals surface area contributed by atoms with E-state index >= 15 is 0 Å². The Morgan fingerprint density at radius 2 is 1.59 bits per heavy atom. The van der Waals surface area contributed by atoms with Crippen LogP contribution in [-0.4, -0.2) is 5.88 Å². The molecule has 0 unspecified atom stereocenters. The Morgan fingerprint density at radius 3 is 2.32 bits per heavy atom. The third-order valence-corrected chi connectivity index (χ3v) is 4.05. The highest BCUT2D eigenvalue weighted by molar-refractivity contribution is 6.17. The van der Waals surface area contributed by atoms with Crippen LogP contribution >= 0.6 is 11.6 Å². The van der Waals surface area contributed by atoms with Crippen molar-refractivity contribution in [2.24, 2.45) is 0 Å². The summed E-state index contributed by atoms with van der Waals surface area (Å²) in [6.45, 7) is 6.70. The molecular weight excluding hydrogens is 288 g/mol. The van der Waals surface area contributed by atoms with Crippen molar-refractivity contribution >= 4 is 11.6 Å². The molecule has 0 aromatic rings. The molecule has 0 aromatic carbocycles. The minimum absolute atomic E-state index is 0.794. The van der Waals surface area contributed by atoms with Gasteiger partial charge in [-0.1, -0.05) is 61.8 Å². The van der Waals surface area contributed by atoms with Crippen molar-refractivity contribution in [2.45, 2.75) is 91.4 Å². The number of hydrogen-bond donors (Lipinski definition) is 0. The highest BCUT2D eigenvalue weighted by Gasteiger charge is 1.90. The second-order valence-electron chi connectivity index (χ2n) is 6.18. The van der Waals surface area contributed by atoms with Crippen LogP contribution in [0.4, 0.5) is 0 Å². The zero-order chi connectivity index (χ0) is 16.5. The minimum Gasteiger partial charge on any atom is -0.127 e. The standard InChI is InChI=1S/C21H35Cl/c1-4-5-11-15-20(2)17-14-18-21(3)16-12-9-7-6-8-10-13-19-22/h17-18H,4-8,10-11,13-16,19H2,1-3H3/b20-17+,21-18+. The van der Waals surface area contributed by atoms with Crippen molar-refractivity contribution in [3.05, 3.63) is 23.3 Å². The fourth-order valence-electron chi connectivity index (χ4n) is 2.24. The highest BCUT2D eigenvalue weighted by atomic mass is 35.5. The molecule has 0 atom stereocenters. The van der Waals surface area contributed by atoms with E-state index in [0.29, 0.717) is 0 Å². The average Bonchev–Trinajstić information content (AvgIpc) is 2.50. The Bertz CT molecular complexity index is 365. The third kappa shape index (κ3) is 15.7. The van der Waals surface area contributed by atoms with Gasteiger partial charge in [0.25, 0.3) is 0 Å². The number of rotatable bonds is 12. The van der Waals surface area contributed by atoms with Crippen molar-refractivity contribution in [1.29, 1.82) is 0 Å². The van der Waals surface area contributed by atoms with Crippen LogP contribution in [0.25, 0.3) is 0 Å². The van der Waals surface area contributed by atoms with Crippen molar-refractivity contribution in [1.82, 2.24) is 0 Å². The maximum atomic E-state index is 5.65. The van der Waals surface area contributed by atoms with Gasteiger partial charge in [0.2, 0.25) is 0 Å². The summed E-state index contributed by atoms with van der Waals surface area (Å²) in [6, 6.07) is 0. The van der Waals surface area contributed by atoms with E-state index in [1.807, 2.05) is 0 Å². The minimum atomic E-state index is 0.794. The monoisotopic (exact) mass is 322 g/mol. The van der Waals surface area contributed by atoms with E-state index < -0.39 is 0 Å². The second kappa shape index (κ2) is 16.7.